The number of amides is 3. The highest BCUT2D eigenvalue weighted by molar-refractivity contribution is 6.08. The number of carboxylic acid groups (broad SMARTS) is 1. The van der Waals surface area contributed by atoms with Gasteiger partial charge in [0, 0.05) is 25.6 Å². The van der Waals surface area contributed by atoms with Gasteiger partial charge < -0.3 is 35.2 Å². The number of para-hydroxylation sites is 1. The largest absolute Gasteiger partial charge is 0.503 e. The van der Waals surface area contributed by atoms with Gasteiger partial charge in [0.05, 0.1) is 11.6 Å². The van der Waals surface area contributed by atoms with Crippen molar-refractivity contribution in [1.82, 2.24) is 15.5 Å². The number of fused-ring (bicyclic) bond motifs is 1. The normalized spacial score (nSPS) is 16.8. The fourth-order valence-corrected chi connectivity index (χ4v) is 4.62. The summed E-state index contributed by atoms with van der Waals surface area (Å²) in [4.78, 5) is 50.5. The highest BCUT2D eigenvalue weighted by Gasteiger charge is 2.45. The minimum absolute atomic E-state index is 0.0308. The molecule has 3 amide bonds. The maximum Gasteiger partial charge on any atom is 0.326 e. The minimum atomic E-state index is -1.17. The van der Waals surface area contributed by atoms with Crippen LogP contribution in [0.3, 0.4) is 0 Å². The van der Waals surface area contributed by atoms with Crippen molar-refractivity contribution in [2.75, 3.05) is 13.3 Å². The Bertz CT molecular complexity index is 1310. The average Bonchev–Trinajstić information content (AvgIpc) is 3.48. The zero-order valence-corrected chi connectivity index (χ0v) is 21.1. The summed E-state index contributed by atoms with van der Waals surface area (Å²) in [5.41, 5.74) is 0.885. The molecule has 2 aromatic carbocycles. The Morgan fingerprint density at radius 3 is 2.56 bits per heavy atom. The van der Waals surface area contributed by atoms with E-state index in [0.717, 1.165) is 0 Å². The Labute approximate surface area is 223 Å². The average molecular weight is 542 g/mol. The molecule has 2 aromatic rings. The molecule has 206 valence electrons. The zero-order chi connectivity index (χ0) is 28.1. The molecule has 0 saturated carbocycles. The van der Waals surface area contributed by atoms with Gasteiger partial charge in [-0.1, -0.05) is 24.3 Å². The molecule has 0 aliphatic carbocycles. The Morgan fingerprint density at radius 2 is 1.87 bits per heavy atom. The zero-order valence-electron chi connectivity index (χ0n) is 21.1. The van der Waals surface area contributed by atoms with Crippen LogP contribution in [0.1, 0.15) is 43.4 Å². The molecule has 0 bridgehead atoms. The standard InChI is InChI=1S/C27H28FN3O8/c1-15(32)30-19(27(36)37)6-2-3-12-31-22(18-5-4-7-20-24(18)39-14-38-20)21(23(33)26(31)35)25(34)29-13-16-8-10-17(28)11-9-16/h4-5,7-11,19,22,33H,2-3,6,12-14H2,1H3,(H,29,34)(H,30,32)(H,36,37)/t19-,22?/m1/s1. The van der Waals surface area contributed by atoms with E-state index in [1.807, 2.05) is 0 Å². The number of nitrogens with one attached hydrogen (secondary N) is 2. The summed E-state index contributed by atoms with van der Waals surface area (Å²) in [6, 6.07) is 8.48. The third-order valence-corrected chi connectivity index (χ3v) is 6.45. The third kappa shape index (κ3) is 6.11. The summed E-state index contributed by atoms with van der Waals surface area (Å²) in [6.07, 6.45) is 0.798. The number of aliphatic hydroxyl groups excluding tert-OH is 1. The van der Waals surface area contributed by atoms with Crippen LogP contribution in [0.15, 0.2) is 53.8 Å². The van der Waals surface area contributed by atoms with Crippen LogP contribution < -0.4 is 20.1 Å². The van der Waals surface area contributed by atoms with Crippen molar-refractivity contribution in [3.05, 3.63) is 70.7 Å². The van der Waals surface area contributed by atoms with Gasteiger partial charge >= 0.3 is 5.97 Å². The number of hydrogen-bond donors (Lipinski definition) is 4. The molecule has 4 rings (SSSR count). The van der Waals surface area contributed by atoms with Crippen molar-refractivity contribution >= 4 is 23.7 Å². The fourth-order valence-electron chi connectivity index (χ4n) is 4.62. The summed E-state index contributed by atoms with van der Waals surface area (Å²) < 4.78 is 24.3. The second-order valence-corrected chi connectivity index (χ2v) is 9.14. The Hall–Kier alpha value is -4.61. The molecule has 2 aliphatic rings. The van der Waals surface area contributed by atoms with Crippen LogP contribution in [-0.2, 0) is 25.7 Å². The second kappa shape index (κ2) is 11.8. The van der Waals surface area contributed by atoms with Gasteiger partial charge in [0.1, 0.15) is 11.9 Å². The van der Waals surface area contributed by atoms with Crippen LogP contribution in [0.2, 0.25) is 0 Å². The van der Waals surface area contributed by atoms with Gasteiger partial charge in [-0.05, 0) is 43.0 Å². The van der Waals surface area contributed by atoms with E-state index in [1.165, 1.54) is 36.1 Å². The van der Waals surface area contributed by atoms with Gasteiger partial charge in [0.2, 0.25) is 12.7 Å². The van der Waals surface area contributed by atoms with Crippen molar-refractivity contribution in [3.8, 4) is 11.5 Å². The third-order valence-electron chi connectivity index (χ3n) is 6.45. The number of halogens is 1. The van der Waals surface area contributed by atoms with Crippen molar-refractivity contribution < 1.29 is 43.3 Å². The molecule has 0 aromatic heterocycles. The van der Waals surface area contributed by atoms with E-state index in [4.69, 9.17) is 9.47 Å². The lowest BCUT2D eigenvalue weighted by Crippen LogP contribution is -2.39. The van der Waals surface area contributed by atoms with E-state index >= 15 is 0 Å². The van der Waals surface area contributed by atoms with E-state index in [0.29, 0.717) is 35.5 Å². The van der Waals surface area contributed by atoms with Crippen LogP contribution >= 0.6 is 0 Å². The van der Waals surface area contributed by atoms with Crippen molar-refractivity contribution in [1.29, 1.82) is 0 Å². The molecular formula is C27H28FN3O8. The molecule has 12 heteroatoms. The minimum Gasteiger partial charge on any atom is -0.503 e. The van der Waals surface area contributed by atoms with Crippen LogP contribution in [-0.4, -0.2) is 58.2 Å². The molecule has 4 N–H and O–H groups in total. The number of hydrogen-bond acceptors (Lipinski definition) is 7. The van der Waals surface area contributed by atoms with E-state index in [2.05, 4.69) is 10.6 Å². The number of unbranched alkanes of at least 4 members (excludes halogenated alkanes) is 1. The summed E-state index contributed by atoms with van der Waals surface area (Å²) in [6.45, 7) is 1.29. The van der Waals surface area contributed by atoms with Gasteiger partial charge in [-0.25, -0.2) is 9.18 Å². The molecule has 1 unspecified atom stereocenters. The molecule has 0 spiro atoms. The van der Waals surface area contributed by atoms with Crippen LogP contribution in [0.4, 0.5) is 4.39 Å². The Kier molecular flexibility index (Phi) is 8.33. The maximum absolute atomic E-state index is 13.3. The van der Waals surface area contributed by atoms with Gasteiger partial charge in [-0.2, -0.15) is 0 Å². The molecule has 0 radical (unpaired) electrons. The van der Waals surface area contributed by atoms with Gasteiger partial charge in [0.25, 0.3) is 11.8 Å². The first kappa shape index (κ1) is 27.4. The monoisotopic (exact) mass is 541 g/mol. The quantitative estimate of drug-likeness (QED) is 0.316. The van der Waals surface area contributed by atoms with Gasteiger partial charge in [0.15, 0.2) is 17.3 Å². The van der Waals surface area contributed by atoms with E-state index in [9.17, 15) is 33.8 Å². The van der Waals surface area contributed by atoms with E-state index < -0.39 is 47.4 Å². The topological polar surface area (TPSA) is 154 Å². The maximum atomic E-state index is 13.3. The molecule has 39 heavy (non-hydrogen) atoms. The molecule has 2 heterocycles. The summed E-state index contributed by atoms with van der Waals surface area (Å²) in [7, 11) is 0. The molecule has 0 fully saturated rings. The highest BCUT2D eigenvalue weighted by Crippen LogP contribution is 2.46. The SMILES string of the molecule is CC(=O)N[C@H](CCCCN1C(=O)C(O)=C(C(=O)NCc2ccc(F)cc2)C1c1cccc2c1OCO2)C(=O)O. The number of ether oxygens (including phenoxy) is 2. The van der Waals surface area contributed by atoms with Crippen molar-refractivity contribution in [2.24, 2.45) is 0 Å². The molecular weight excluding hydrogens is 513 g/mol. The summed E-state index contributed by atoms with van der Waals surface area (Å²) in [5, 5.41) is 25.2. The first-order valence-electron chi connectivity index (χ1n) is 12.3. The Balaban J connectivity index is 1.55. The number of nitrogens with zero attached hydrogens (tertiary/aromatic N) is 1. The van der Waals surface area contributed by atoms with Crippen LogP contribution in [0, 0.1) is 5.82 Å². The first-order valence-corrected chi connectivity index (χ1v) is 12.3. The van der Waals surface area contributed by atoms with E-state index in [1.54, 1.807) is 18.2 Å². The highest BCUT2D eigenvalue weighted by atomic mass is 19.1. The number of carbonyl (C=O) groups is 4. The number of carbonyl (C=O) groups excluding carboxylic acids is 3. The van der Waals surface area contributed by atoms with Gasteiger partial charge in [-0.15, -0.1) is 0 Å². The predicted molar refractivity (Wildman–Crippen MR) is 134 cm³/mol. The van der Waals surface area contributed by atoms with Crippen molar-refractivity contribution in [2.45, 2.75) is 44.8 Å². The van der Waals surface area contributed by atoms with E-state index in [-0.39, 0.29) is 31.9 Å². The lowest BCUT2D eigenvalue weighted by atomic mass is 9.97. The Morgan fingerprint density at radius 1 is 1.13 bits per heavy atom. The molecule has 2 aliphatic heterocycles. The number of aliphatic hydroxyl groups is 1. The van der Waals surface area contributed by atoms with Crippen molar-refractivity contribution in [3.63, 3.8) is 0 Å². The summed E-state index contributed by atoms with van der Waals surface area (Å²) >= 11 is 0. The molecule has 0 saturated heterocycles. The molecule has 11 nitrogen and oxygen atoms in total. The van der Waals surface area contributed by atoms with Crippen LogP contribution in [0.25, 0.3) is 0 Å². The lowest BCUT2D eigenvalue weighted by Gasteiger charge is -2.27. The fraction of sp³-hybridized carbons (Fsp3) is 0.333. The smallest absolute Gasteiger partial charge is 0.326 e. The number of carboxylic acids is 1. The first-order chi connectivity index (χ1) is 18.7. The molecule has 2 atom stereocenters. The summed E-state index contributed by atoms with van der Waals surface area (Å²) in [5.74, 6) is -3.46. The number of rotatable bonds is 11. The van der Waals surface area contributed by atoms with Crippen LogP contribution in [0.5, 0.6) is 11.5 Å². The second-order valence-electron chi connectivity index (χ2n) is 9.14. The number of benzene rings is 2. The predicted octanol–water partition coefficient (Wildman–Crippen LogP) is 2.33. The van der Waals surface area contributed by atoms with Gasteiger partial charge in [-0.3, -0.25) is 14.4 Å². The number of aliphatic carboxylic acids is 1. The lowest BCUT2D eigenvalue weighted by molar-refractivity contribution is -0.141.